The van der Waals surface area contributed by atoms with Gasteiger partial charge in [-0.1, -0.05) is 65.0 Å². The van der Waals surface area contributed by atoms with Gasteiger partial charge in [-0.15, -0.1) is 0 Å². The Morgan fingerprint density at radius 2 is 1.52 bits per heavy atom. The van der Waals surface area contributed by atoms with Gasteiger partial charge in [-0.05, 0) is 62.3 Å². The Kier molecular flexibility index (Phi) is 13.6. The molecule has 0 radical (unpaired) electrons. The molecule has 296 valence electrons. The van der Waals surface area contributed by atoms with Gasteiger partial charge in [0, 0.05) is 30.8 Å². The van der Waals surface area contributed by atoms with E-state index in [4.69, 9.17) is 16.3 Å². The molecule has 3 saturated carbocycles. The molecule has 1 saturated heterocycles. The first-order valence-corrected chi connectivity index (χ1v) is 19.7. The molecule has 1 aromatic rings. The monoisotopic (exact) mass is 771 g/mol. The standard InChI is InChI=1S/C38H54ClN7O8/c1-5-9-26(30(47)34(50)41-23-13-14-23)43-32(48)27-18-25(54-28-17-12-22(39)19-40-28)20-46(27)37(53)31(38(2,3)4)45-33(49)29(21-10-7-6-8-11-21)44-36(52)35(51)42-24-15-16-24/h12,17,19,21,23-27,29,31H,5-11,13-16,18,20H2,1-4H3,(H,41,50)(H,42,51)(H,43,48)(H,44,52)(H,45,49)/t25-,26+,27?,29+,31-/m1/s1. The van der Waals surface area contributed by atoms with Crippen LogP contribution in [-0.2, 0) is 33.6 Å². The largest absolute Gasteiger partial charge is 0.472 e. The predicted molar refractivity (Wildman–Crippen MR) is 198 cm³/mol. The van der Waals surface area contributed by atoms with E-state index in [0.717, 1.165) is 44.9 Å². The van der Waals surface area contributed by atoms with Crippen molar-refractivity contribution >= 4 is 52.8 Å². The lowest BCUT2D eigenvalue weighted by Crippen LogP contribution is -2.62. The van der Waals surface area contributed by atoms with Crippen molar-refractivity contribution in [3.8, 4) is 5.88 Å². The van der Waals surface area contributed by atoms with Crippen molar-refractivity contribution in [1.29, 1.82) is 0 Å². The molecule has 1 aromatic heterocycles. The number of aromatic nitrogens is 1. The van der Waals surface area contributed by atoms with Crippen LogP contribution in [0.1, 0.15) is 105 Å². The van der Waals surface area contributed by atoms with Gasteiger partial charge in [0.15, 0.2) is 0 Å². The van der Waals surface area contributed by atoms with Crippen LogP contribution in [0.3, 0.4) is 0 Å². The summed E-state index contributed by atoms with van der Waals surface area (Å²) in [6, 6.07) is -1.39. The fourth-order valence-electron chi connectivity index (χ4n) is 7.04. The number of carbonyl (C=O) groups excluding carboxylic acids is 7. The van der Waals surface area contributed by atoms with Crippen LogP contribution in [0.25, 0.3) is 0 Å². The number of Topliss-reactive ketones (excluding diaryl/α,β-unsaturated/α-hetero) is 1. The number of hydrogen-bond donors (Lipinski definition) is 5. The Hall–Kier alpha value is -4.27. The highest BCUT2D eigenvalue weighted by molar-refractivity contribution is 6.38. The van der Waals surface area contributed by atoms with Gasteiger partial charge in [0.05, 0.1) is 17.6 Å². The molecular weight excluding hydrogens is 718 g/mol. The van der Waals surface area contributed by atoms with Crippen molar-refractivity contribution in [2.45, 2.75) is 147 Å². The topological polar surface area (TPSA) is 205 Å². The smallest absolute Gasteiger partial charge is 0.309 e. The second kappa shape index (κ2) is 17.9. The van der Waals surface area contributed by atoms with Crippen LogP contribution in [0, 0.1) is 11.3 Å². The Bertz CT molecular complexity index is 1570. The Balaban J connectivity index is 1.37. The van der Waals surface area contributed by atoms with Gasteiger partial charge < -0.3 is 36.2 Å². The summed E-state index contributed by atoms with van der Waals surface area (Å²) in [5, 5.41) is 14.0. The minimum absolute atomic E-state index is 0.0326. The molecule has 4 aliphatic rings. The summed E-state index contributed by atoms with van der Waals surface area (Å²) in [4.78, 5) is 99.9. The SMILES string of the molecule is CCC[C@H](NC(=O)C1C[C@@H](Oc2ccc(Cl)cn2)CN1C(=O)[C@@H](NC(=O)[C@@H](NC(=O)C(=O)NC1CC1)C1CCCCC1)C(C)(C)C)C(=O)C(=O)NC1CC1. The molecule has 5 atom stereocenters. The number of amides is 6. The lowest BCUT2D eigenvalue weighted by molar-refractivity contribution is -0.146. The van der Waals surface area contributed by atoms with Crippen LogP contribution in [0.5, 0.6) is 5.88 Å². The van der Waals surface area contributed by atoms with Crippen LogP contribution < -0.4 is 31.3 Å². The van der Waals surface area contributed by atoms with Crippen molar-refractivity contribution in [2.24, 2.45) is 11.3 Å². The first-order chi connectivity index (χ1) is 25.6. The third-order valence-corrected chi connectivity index (χ3v) is 10.6. The quantitative estimate of drug-likeness (QED) is 0.165. The van der Waals surface area contributed by atoms with Gasteiger partial charge in [0.25, 0.3) is 5.91 Å². The number of pyridine rings is 1. The maximum absolute atomic E-state index is 14.7. The molecule has 0 spiro atoms. The van der Waals surface area contributed by atoms with E-state index in [9.17, 15) is 33.6 Å². The number of ether oxygens (including phenoxy) is 1. The zero-order valence-corrected chi connectivity index (χ0v) is 32.3. The van der Waals surface area contributed by atoms with Crippen LogP contribution in [0.2, 0.25) is 5.02 Å². The average Bonchev–Trinajstić information content (AvgIpc) is 4.08. The highest BCUT2D eigenvalue weighted by Crippen LogP contribution is 2.31. The van der Waals surface area contributed by atoms with Crippen LogP contribution in [-0.4, -0.2) is 100 Å². The average molecular weight is 772 g/mol. The van der Waals surface area contributed by atoms with E-state index in [1.165, 1.54) is 11.1 Å². The lowest BCUT2D eigenvalue weighted by atomic mass is 9.82. The number of ketones is 1. The molecule has 0 bridgehead atoms. The first-order valence-electron chi connectivity index (χ1n) is 19.3. The second-order valence-electron chi connectivity index (χ2n) is 16.2. The van der Waals surface area contributed by atoms with E-state index in [2.05, 4.69) is 31.6 Å². The molecule has 1 aliphatic heterocycles. The zero-order chi connectivity index (χ0) is 39.2. The molecular formula is C38H54ClN7O8. The fraction of sp³-hybridized carbons (Fsp3) is 0.684. The van der Waals surface area contributed by atoms with Crippen LogP contribution in [0.4, 0.5) is 0 Å². The van der Waals surface area contributed by atoms with E-state index < -0.39 is 76.9 Å². The molecule has 2 heterocycles. The van der Waals surface area contributed by atoms with Gasteiger partial charge in [-0.3, -0.25) is 33.6 Å². The normalized spacial score (nSPS) is 21.9. The maximum Gasteiger partial charge on any atom is 0.309 e. The lowest BCUT2D eigenvalue weighted by Gasteiger charge is -2.37. The van der Waals surface area contributed by atoms with Gasteiger partial charge in [0.2, 0.25) is 29.4 Å². The number of nitrogens with one attached hydrogen (secondary N) is 5. The summed E-state index contributed by atoms with van der Waals surface area (Å²) < 4.78 is 6.09. The summed E-state index contributed by atoms with van der Waals surface area (Å²) in [5.41, 5.74) is -0.878. The van der Waals surface area contributed by atoms with E-state index >= 15 is 0 Å². The summed E-state index contributed by atoms with van der Waals surface area (Å²) >= 11 is 6.01. The maximum atomic E-state index is 14.7. The van der Waals surface area contributed by atoms with Crippen molar-refractivity contribution in [3.05, 3.63) is 23.4 Å². The van der Waals surface area contributed by atoms with E-state index in [-0.39, 0.29) is 43.3 Å². The summed E-state index contributed by atoms with van der Waals surface area (Å²) in [6.07, 6.45) is 8.69. The minimum Gasteiger partial charge on any atom is -0.472 e. The van der Waals surface area contributed by atoms with E-state index in [1.54, 1.807) is 32.9 Å². The first kappa shape index (κ1) is 40.9. The Labute approximate surface area is 321 Å². The predicted octanol–water partition coefficient (Wildman–Crippen LogP) is 2.09. The Morgan fingerprint density at radius 3 is 2.09 bits per heavy atom. The molecule has 0 aromatic carbocycles. The molecule has 15 nitrogen and oxygen atoms in total. The number of hydrogen-bond acceptors (Lipinski definition) is 9. The number of carbonyl (C=O) groups is 7. The van der Waals surface area contributed by atoms with Crippen molar-refractivity contribution in [1.82, 2.24) is 36.5 Å². The zero-order valence-electron chi connectivity index (χ0n) is 31.6. The molecule has 4 fully saturated rings. The van der Waals surface area contributed by atoms with E-state index in [1.807, 2.05) is 6.92 Å². The number of rotatable bonds is 15. The van der Waals surface area contributed by atoms with Gasteiger partial charge in [-0.25, -0.2) is 4.98 Å². The number of nitrogens with zero attached hydrogens (tertiary/aromatic N) is 2. The summed E-state index contributed by atoms with van der Waals surface area (Å²) in [5.74, 6) is -5.05. The third-order valence-electron chi connectivity index (χ3n) is 10.4. The van der Waals surface area contributed by atoms with Crippen molar-refractivity contribution < 1.29 is 38.3 Å². The van der Waals surface area contributed by atoms with Gasteiger partial charge in [0.1, 0.15) is 24.2 Å². The highest BCUT2D eigenvalue weighted by Gasteiger charge is 2.47. The Morgan fingerprint density at radius 1 is 0.870 bits per heavy atom. The molecule has 1 unspecified atom stereocenters. The number of likely N-dealkylation sites (tertiary alicyclic amines) is 1. The minimum atomic E-state index is -1.17. The molecule has 5 N–H and O–H groups in total. The molecule has 16 heteroatoms. The second-order valence-corrected chi connectivity index (χ2v) is 16.6. The van der Waals surface area contributed by atoms with Crippen molar-refractivity contribution in [2.75, 3.05) is 6.54 Å². The van der Waals surface area contributed by atoms with Crippen LogP contribution >= 0.6 is 11.6 Å². The molecule has 6 amide bonds. The summed E-state index contributed by atoms with van der Waals surface area (Å²) in [7, 11) is 0. The van der Waals surface area contributed by atoms with Gasteiger partial charge in [-0.2, -0.15) is 0 Å². The third kappa shape index (κ3) is 11.1. The van der Waals surface area contributed by atoms with Crippen molar-refractivity contribution in [3.63, 3.8) is 0 Å². The molecule has 54 heavy (non-hydrogen) atoms. The highest BCUT2D eigenvalue weighted by atomic mass is 35.5. The fourth-order valence-corrected chi connectivity index (χ4v) is 7.15. The number of halogens is 1. The summed E-state index contributed by atoms with van der Waals surface area (Å²) in [6.45, 7) is 7.11. The van der Waals surface area contributed by atoms with Gasteiger partial charge >= 0.3 is 11.8 Å². The van der Waals surface area contributed by atoms with E-state index in [0.29, 0.717) is 24.3 Å². The van der Waals surface area contributed by atoms with Crippen LogP contribution in [0.15, 0.2) is 18.3 Å². The molecule has 5 rings (SSSR count). The molecule has 3 aliphatic carbocycles.